The van der Waals surface area contributed by atoms with E-state index in [1.165, 1.54) is 33.2 Å². The van der Waals surface area contributed by atoms with Crippen molar-refractivity contribution in [2.75, 3.05) is 6.54 Å². The second kappa shape index (κ2) is 7.16. The highest BCUT2D eigenvalue weighted by atomic mass is 15.2. The van der Waals surface area contributed by atoms with Crippen LogP contribution >= 0.6 is 0 Å². The normalized spacial score (nSPS) is 17.4. The van der Waals surface area contributed by atoms with E-state index in [-0.39, 0.29) is 0 Å². The lowest BCUT2D eigenvalue weighted by atomic mass is 9.97. The van der Waals surface area contributed by atoms with Gasteiger partial charge in [0.1, 0.15) is 0 Å². The van der Waals surface area contributed by atoms with Crippen molar-refractivity contribution in [2.24, 2.45) is 0 Å². The molecule has 2 aromatic carbocycles. The summed E-state index contributed by atoms with van der Waals surface area (Å²) < 4.78 is 2.63. The fraction of sp³-hybridized carbons (Fsp3) is 0.440. The molecule has 2 heterocycles. The Bertz CT molecular complexity index is 962. The smallest absolute Gasteiger partial charge is 0.0491 e. The first-order chi connectivity index (χ1) is 13.0. The molecule has 142 valence electrons. The van der Waals surface area contributed by atoms with Crippen LogP contribution in [0.1, 0.15) is 47.4 Å². The Balaban J connectivity index is 1.79. The van der Waals surface area contributed by atoms with Gasteiger partial charge in [-0.3, -0.25) is 4.90 Å². The van der Waals surface area contributed by atoms with E-state index in [1.54, 1.807) is 11.3 Å². The van der Waals surface area contributed by atoms with E-state index in [0.717, 1.165) is 32.5 Å². The fourth-order valence-electron chi connectivity index (χ4n) is 4.85. The molecule has 27 heavy (non-hydrogen) atoms. The molecule has 0 spiro atoms. The van der Waals surface area contributed by atoms with Crippen LogP contribution in [0.4, 0.5) is 0 Å². The molecule has 0 radical (unpaired) electrons. The standard InChI is InChI=1S/C25H32N2/c1-6-26-16-22-23(15-20(26)5)27(12-11-21-9-7-17(2)8-10-21)24-14-18(3)13-19(4)25(22)24/h7-10,13-14,20H,6,11-12,15-16H2,1-5H3. The van der Waals surface area contributed by atoms with Gasteiger partial charge in [-0.15, -0.1) is 0 Å². The summed E-state index contributed by atoms with van der Waals surface area (Å²) in [7, 11) is 0. The number of benzene rings is 2. The molecule has 3 aromatic rings. The topological polar surface area (TPSA) is 8.17 Å². The predicted molar refractivity (Wildman–Crippen MR) is 116 cm³/mol. The van der Waals surface area contributed by atoms with Crippen LogP contribution in [-0.4, -0.2) is 22.1 Å². The van der Waals surface area contributed by atoms with Crippen LogP contribution < -0.4 is 0 Å². The SMILES string of the molecule is CCN1Cc2c(n(CCc3ccc(C)cc3)c3cc(C)cc(C)c23)CC1C. The molecule has 2 heteroatoms. The van der Waals surface area contributed by atoms with Gasteiger partial charge in [-0.2, -0.15) is 0 Å². The molecule has 1 aliphatic rings. The summed E-state index contributed by atoms with van der Waals surface area (Å²) >= 11 is 0. The average Bonchev–Trinajstić information content (AvgIpc) is 2.93. The average molecular weight is 361 g/mol. The number of hydrogen-bond donors (Lipinski definition) is 0. The van der Waals surface area contributed by atoms with Gasteiger partial charge in [0.15, 0.2) is 0 Å². The molecule has 0 fully saturated rings. The van der Waals surface area contributed by atoms with Gasteiger partial charge in [-0.1, -0.05) is 42.8 Å². The number of fused-ring (bicyclic) bond motifs is 3. The quantitative estimate of drug-likeness (QED) is 0.590. The Morgan fingerprint density at radius 2 is 1.74 bits per heavy atom. The minimum absolute atomic E-state index is 0.617. The van der Waals surface area contributed by atoms with Gasteiger partial charge in [0, 0.05) is 42.1 Å². The molecule has 2 nitrogen and oxygen atoms in total. The van der Waals surface area contributed by atoms with E-state index in [9.17, 15) is 0 Å². The van der Waals surface area contributed by atoms with Crippen LogP contribution in [0.2, 0.25) is 0 Å². The summed E-state index contributed by atoms with van der Waals surface area (Å²) in [6, 6.07) is 14.4. The van der Waals surface area contributed by atoms with Crippen molar-refractivity contribution >= 4 is 10.9 Å². The van der Waals surface area contributed by atoms with Gasteiger partial charge in [0.2, 0.25) is 0 Å². The first kappa shape index (κ1) is 18.3. The third kappa shape index (κ3) is 3.32. The van der Waals surface area contributed by atoms with E-state index in [1.807, 2.05) is 0 Å². The van der Waals surface area contributed by atoms with Gasteiger partial charge in [0.25, 0.3) is 0 Å². The van der Waals surface area contributed by atoms with Gasteiger partial charge >= 0.3 is 0 Å². The maximum absolute atomic E-state index is 2.63. The molecule has 0 saturated heterocycles. The van der Waals surface area contributed by atoms with Crippen molar-refractivity contribution in [3.05, 3.63) is 69.9 Å². The molecule has 0 N–H and O–H groups in total. The second-order valence-corrected chi connectivity index (χ2v) is 8.40. The Morgan fingerprint density at radius 1 is 1.00 bits per heavy atom. The lowest BCUT2D eigenvalue weighted by molar-refractivity contribution is 0.192. The molecule has 0 saturated carbocycles. The number of hydrogen-bond acceptors (Lipinski definition) is 1. The van der Waals surface area contributed by atoms with Gasteiger partial charge in [0.05, 0.1) is 0 Å². The van der Waals surface area contributed by atoms with E-state index >= 15 is 0 Å². The summed E-state index contributed by atoms with van der Waals surface area (Å²) in [6.45, 7) is 14.6. The predicted octanol–water partition coefficient (Wildman–Crippen LogP) is 5.58. The van der Waals surface area contributed by atoms with Crippen molar-refractivity contribution in [3.8, 4) is 0 Å². The number of nitrogens with zero attached hydrogens (tertiary/aromatic N) is 2. The summed E-state index contributed by atoms with van der Waals surface area (Å²) in [4.78, 5) is 2.62. The maximum Gasteiger partial charge on any atom is 0.0491 e. The number of aromatic nitrogens is 1. The third-order valence-corrected chi connectivity index (χ3v) is 6.35. The minimum atomic E-state index is 0.617. The van der Waals surface area contributed by atoms with E-state index in [4.69, 9.17) is 0 Å². The largest absolute Gasteiger partial charge is 0.344 e. The molecule has 1 unspecified atom stereocenters. The molecule has 0 amide bonds. The zero-order valence-electron chi connectivity index (χ0n) is 17.5. The highest BCUT2D eigenvalue weighted by molar-refractivity contribution is 5.89. The van der Waals surface area contributed by atoms with Crippen LogP contribution in [-0.2, 0) is 25.9 Å². The van der Waals surface area contributed by atoms with E-state index < -0.39 is 0 Å². The zero-order chi connectivity index (χ0) is 19.1. The number of rotatable bonds is 4. The van der Waals surface area contributed by atoms with Crippen molar-refractivity contribution in [2.45, 2.75) is 66.6 Å². The van der Waals surface area contributed by atoms with Crippen molar-refractivity contribution < 1.29 is 0 Å². The van der Waals surface area contributed by atoms with Crippen LogP contribution in [0, 0.1) is 20.8 Å². The first-order valence-electron chi connectivity index (χ1n) is 10.4. The van der Waals surface area contributed by atoms with E-state index in [2.05, 4.69) is 80.5 Å². The van der Waals surface area contributed by atoms with Crippen molar-refractivity contribution in [1.29, 1.82) is 0 Å². The lowest BCUT2D eigenvalue weighted by Crippen LogP contribution is -2.38. The first-order valence-corrected chi connectivity index (χ1v) is 10.4. The zero-order valence-corrected chi connectivity index (χ0v) is 17.5. The number of aryl methyl sites for hydroxylation is 5. The molecular formula is C25H32N2. The van der Waals surface area contributed by atoms with Gasteiger partial charge in [-0.05, 0) is 69.0 Å². The second-order valence-electron chi connectivity index (χ2n) is 8.40. The Kier molecular flexibility index (Phi) is 4.86. The highest BCUT2D eigenvalue weighted by Gasteiger charge is 2.28. The molecule has 4 rings (SSSR count). The molecule has 1 aromatic heterocycles. The molecule has 1 atom stereocenters. The minimum Gasteiger partial charge on any atom is -0.344 e. The summed E-state index contributed by atoms with van der Waals surface area (Å²) in [6.07, 6.45) is 2.25. The monoisotopic (exact) mass is 360 g/mol. The summed E-state index contributed by atoms with van der Waals surface area (Å²) in [5.74, 6) is 0. The Labute approximate surface area is 163 Å². The van der Waals surface area contributed by atoms with Gasteiger partial charge in [-0.25, -0.2) is 0 Å². The van der Waals surface area contributed by atoms with Crippen LogP contribution in [0.5, 0.6) is 0 Å². The third-order valence-electron chi connectivity index (χ3n) is 6.35. The van der Waals surface area contributed by atoms with Crippen LogP contribution in [0.25, 0.3) is 10.9 Å². The molecule has 0 aliphatic carbocycles. The van der Waals surface area contributed by atoms with Crippen LogP contribution in [0.15, 0.2) is 36.4 Å². The summed E-state index contributed by atoms with van der Waals surface area (Å²) in [5, 5.41) is 1.50. The maximum atomic E-state index is 2.63. The Morgan fingerprint density at radius 3 is 2.44 bits per heavy atom. The number of likely N-dealkylation sites (N-methyl/N-ethyl adjacent to an activating group) is 1. The van der Waals surface area contributed by atoms with Crippen LogP contribution in [0.3, 0.4) is 0 Å². The Hall–Kier alpha value is -2.06. The fourth-order valence-corrected chi connectivity index (χ4v) is 4.85. The van der Waals surface area contributed by atoms with Crippen molar-refractivity contribution in [3.63, 3.8) is 0 Å². The molecule has 0 bridgehead atoms. The summed E-state index contributed by atoms with van der Waals surface area (Å²) in [5.41, 5.74) is 10.2. The molecule has 1 aliphatic heterocycles. The molecular weight excluding hydrogens is 328 g/mol. The lowest BCUT2D eigenvalue weighted by Gasteiger charge is -2.33. The van der Waals surface area contributed by atoms with E-state index in [0.29, 0.717) is 6.04 Å². The highest BCUT2D eigenvalue weighted by Crippen LogP contribution is 2.35. The van der Waals surface area contributed by atoms with Crippen molar-refractivity contribution in [1.82, 2.24) is 9.47 Å². The van der Waals surface area contributed by atoms with Gasteiger partial charge < -0.3 is 4.57 Å².